The lowest BCUT2D eigenvalue weighted by Crippen LogP contribution is -2.28. The zero-order valence-corrected chi connectivity index (χ0v) is 13.6. The normalized spacial score (nSPS) is 10.4. The first-order valence-electron chi connectivity index (χ1n) is 7.90. The molecule has 1 heterocycles. The molecule has 0 saturated carbocycles. The maximum Gasteiger partial charge on any atom is 0.328 e. The lowest BCUT2D eigenvalue weighted by atomic mass is 10.2. The molecule has 0 aliphatic carbocycles. The molecular weight excluding hydrogens is 320 g/mol. The van der Waals surface area contributed by atoms with Gasteiger partial charge in [-0.1, -0.05) is 30.3 Å². The first-order valence-corrected chi connectivity index (χ1v) is 7.90. The Hall–Kier alpha value is -3.28. The van der Waals surface area contributed by atoms with E-state index in [9.17, 15) is 9.59 Å². The van der Waals surface area contributed by atoms with E-state index in [1.807, 2.05) is 54.6 Å². The van der Waals surface area contributed by atoms with Gasteiger partial charge in [0.1, 0.15) is 24.7 Å². The molecule has 0 aliphatic rings. The number of benzene rings is 2. The van der Waals surface area contributed by atoms with Crippen LogP contribution in [-0.2, 0) is 6.54 Å². The molecule has 128 valence electrons. The van der Waals surface area contributed by atoms with Crippen molar-refractivity contribution in [3.63, 3.8) is 0 Å². The Morgan fingerprint density at radius 2 is 1.44 bits per heavy atom. The fraction of sp³-hybridized carbons (Fsp3) is 0.158. The van der Waals surface area contributed by atoms with E-state index in [2.05, 4.69) is 4.98 Å². The molecule has 0 atom stereocenters. The van der Waals surface area contributed by atoms with Crippen LogP contribution in [0.25, 0.3) is 0 Å². The summed E-state index contributed by atoms with van der Waals surface area (Å²) in [5, 5.41) is 0. The number of para-hydroxylation sites is 1. The number of hydrogen-bond acceptors (Lipinski definition) is 4. The standard InChI is InChI=1S/C19H18N2O4/c22-18-10-11-21(19(23)20-18)14-15-6-8-17(9-7-15)25-13-12-24-16-4-2-1-3-5-16/h1-11H,12-14H2,(H,20,22,23). The molecule has 0 radical (unpaired) electrons. The highest BCUT2D eigenvalue weighted by atomic mass is 16.5. The Morgan fingerprint density at radius 1 is 0.800 bits per heavy atom. The second-order valence-electron chi connectivity index (χ2n) is 5.39. The van der Waals surface area contributed by atoms with Crippen LogP contribution in [0.1, 0.15) is 5.56 Å². The number of nitrogens with one attached hydrogen (secondary N) is 1. The third-order valence-corrected chi connectivity index (χ3v) is 3.54. The van der Waals surface area contributed by atoms with Crippen LogP contribution in [0.15, 0.2) is 76.4 Å². The van der Waals surface area contributed by atoms with Gasteiger partial charge in [-0.3, -0.25) is 14.3 Å². The predicted octanol–water partition coefficient (Wildman–Crippen LogP) is 2.04. The van der Waals surface area contributed by atoms with Crippen LogP contribution in [0, 0.1) is 0 Å². The fourth-order valence-electron chi connectivity index (χ4n) is 2.29. The van der Waals surface area contributed by atoms with Crippen molar-refractivity contribution in [2.75, 3.05) is 13.2 Å². The molecule has 3 rings (SSSR count). The average molecular weight is 338 g/mol. The molecule has 6 heteroatoms. The first kappa shape index (κ1) is 16.6. The molecule has 0 aliphatic heterocycles. The van der Waals surface area contributed by atoms with Gasteiger partial charge in [0.15, 0.2) is 0 Å². The van der Waals surface area contributed by atoms with Crippen LogP contribution in [0.2, 0.25) is 0 Å². The van der Waals surface area contributed by atoms with E-state index in [0.717, 1.165) is 17.1 Å². The topological polar surface area (TPSA) is 73.3 Å². The van der Waals surface area contributed by atoms with Gasteiger partial charge in [0.05, 0.1) is 6.54 Å². The zero-order valence-electron chi connectivity index (χ0n) is 13.6. The van der Waals surface area contributed by atoms with E-state index < -0.39 is 11.2 Å². The molecule has 3 aromatic rings. The van der Waals surface area contributed by atoms with E-state index >= 15 is 0 Å². The smallest absolute Gasteiger partial charge is 0.328 e. The quantitative estimate of drug-likeness (QED) is 0.669. The summed E-state index contributed by atoms with van der Waals surface area (Å²) in [5.74, 6) is 1.54. The zero-order chi connectivity index (χ0) is 17.5. The summed E-state index contributed by atoms with van der Waals surface area (Å²) in [7, 11) is 0. The Bertz CT molecular complexity index is 914. The van der Waals surface area contributed by atoms with Crippen LogP contribution in [0.3, 0.4) is 0 Å². The third-order valence-electron chi connectivity index (χ3n) is 3.54. The molecule has 0 spiro atoms. The van der Waals surface area contributed by atoms with Crippen molar-refractivity contribution in [3.05, 3.63) is 93.3 Å². The second kappa shape index (κ2) is 8.01. The largest absolute Gasteiger partial charge is 0.490 e. The molecule has 0 bridgehead atoms. The molecule has 1 aromatic heterocycles. The minimum Gasteiger partial charge on any atom is -0.490 e. The number of rotatable bonds is 7. The average Bonchev–Trinajstić information content (AvgIpc) is 2.63. The van der Waals surface area contributed by atoms with Crippen LogP contribution in [0.4, 0.5) is 0 Å². The summed E-state index contributed by atoms with van der Waals surface area (Å²) in [5.41, 5.74) is 0.107. The van der Waals surface area contributed by atoms with Crippen molar-refractivity contribution in [1.29, 1.82) is 0 Å². The number of aromatic nitrogens is 2. The molecule has 1 N–H and O–H groups in total. The molecule has 6 nitrogen and oxygen atoms in total. The summed E-state index contributed by atoms with van der Waals surface area (Å²) >= 11 is 0. The summed E-state index contributed by atoms with van der Waals surface area (Å²) in [6.45, 7) is 1.28. The van der Waals surface area contributed by atoms with Crippen LogP contribution in [0.5, 0.6) is 11.5 Å². The number of ether oxygens (including phenoxy) is 2. The number of aromatic amines is 1. The SMILES string of the molecule is O=c1ccn(Cc2ccc(OCCOc3ccccc3)cc2)c(=O)[nH]1. The van der Waals surface area contributed by atoms with Crippen molar-refractivity contribution in [1.82, 2.24) is 9.55 Å². The van der Waals surface area contributed by atoms with Gasteiger partial charge in [-0.15, -0.1) is 0 Å². The predicted molar refractivity (Wildman–Crippen MR) is 94.3 cm³/mol. The van der Waals surface area contributed by atoms with E-state index in [0.29, 0.717) is 19.8 Å². The van der Waals surface area contributed by atoms with Crippen molar-refractivity contribution in [2.45, 2.75) is 6.54 Å². The minimum atomic E-state index is -0.425. The van der Waals surface area contributed by atoms with Crippen molar-refractivity contribution >= 4 is 0 Å². The summed E-state index contributed by atoms with van der Waals surface area (Å²) in [6.07, 6.45) is 1.48. The van der Waals surface area contributed by atoms with Gasteiger partial charge < -0.3 is 9.47 Å². The van der Waals surface area contributed by atoms with E-state index in [1.54, 1.807) is 0 Å². The van der Waals surface area contributed by atoms with E-state index in [1.165, 1.54) is 16.8 Å². The van der Waals surface area contributed by atoms with Gasteiger partial charge in [0.25, 0.3) is 5.56 Å². The number of hydrogen-bond donors (Lipinski definition) is 1. The van der Waals surface area contributed by atoms with Gasteiger partial charge in [-0.2, -0.15) is 0 Å². The fourth-order valence-corrected chi connectivity index (χ4v) is 2.29. The van der Waals surface area contributed by atoms with Gasteiger partial charge in [-0.05, 0) is 29.8 Å². The summed E-state index contributed by atoms with van der Waals surface area (Å²) in [4.78, 5) is 25.0. The maximum atomic E-state index is 11.7. The number of nitrogens with zero attached hydrogens (tertiary/aromatic N) is 1. The maximum absolute atomic E-state index is 11.7. The molecule has 0 amide bonds. The number of H-pyrrole nitrogens is 1. The Morgan fingerprint density at radius 3 is 2.08 bits per heavy atom. The Balaban J connectivity index is 1.50. The minimum absolute atomic E-state index is 0.382. The van der Waals surface area contributed by atoms with Crippen LogP contribution < -0.4 is 20.7 Å². The van der Waals surface area contributed by atoms with Crippen molar-refractivity contribution in [2.24, 2.45) is 0 Å². The molecule has 2 aromatic carbocycles. The molecule has 0 unspecified atom stereocenters. The van der Waals surface area contributed by atoms with E-state index in [4.69, 9.17) is 9.47 Å². The highest BCUT2D eigenvalue weighted by molar-refractivity contribution is 5.27. The van der Waals surface area contributed by atoms with Gasteiger partial charge in [0, 0.05) is 12.3 Å². The van der Waals surface area contributed by atoms with E-state index in [-0.39, 0.29) is 0 Å². The van der Waals surface area contributed by atoms with Gasteiger partial charge in [0.2, 0.25) is 0 Å². The molecule has 0 fully saturated rings. The summed E-state index contributed by atoms with van der Waals surface area (Å²) < 4.78 is 12.6. The van der Waals surface area contributed by atoms with Gasteiger partial charge in [-0.25, -0.2) is 4.79 Å². The Labute approximate surface area is 144 Å². The monoisotopic (exact) mass is 338 g/mol. The Kier molecular flexibility index (Phi) is 5.31. The lowest BCUT2D eigenvalue weighted by molar-refractivity contribution is 0.217. The summed E-state index contributed by atoms with van der Waals surface area (Å²) in [6, 6.07) is 18.3. The third kappa shape index (κ3) is 4.84. The lowest BCUT2D eigenvalue weighted by Gasteiger charge is -2.09. The van der Waals surface area contributed by atoms with Crippen LogP contribution >= 0.6 is 0 Å². The van der Waals surface area contributed by atoms with Crippen molar-refractivity contribution < 1.29 is 9.47 Å². The highest BCUT2D eigenvalue weighted by Gasteiger charge is 2.00. The van der Waals surface area contributed by atoms with Crippen LogP contribution in [-0.4, -0.2) is 22.8 Å². The highest BCUT2D eigenvalue weighted by Crippen LogP contribution is 2.13. The first-order chi connectivity index (χ1) is 12.2. The molecule has 0 saturated heterocycles. The van der Waals surface area contributed by atoms with Crippen molar-refractivity contribution in [3.8, 4) is 11.5 Å². The van der Waals surface area contributed by atoms with Gasteiger partial charge >= 0.3 is 5.69 Å². The second-order valence-corrected chi connectivity index (χ2v) is 5.39. The molecular formula is C19H18N2O4. The molecule has 25 heavy (non-hydrogen) atoms.